The molecule has 8 nitrogen and oxygen atoms in total. The molecule has 1 N–H and O–H groups in total. The molecule has 2 aromatic carbocycles. The summed E-state index contributed by atoms with van der Waals surface area (Å²) in [5, 5.41) is 15.7. The van der Waals surface area contributed by atoms with Gasteiger partial charge in [-0.05, 0) is 56.0 Å². The van der Waals surface area contributed by atoms with Gasteiger partial charge in [-0.1, -0.05) is 29.8 Å². The number of esters is 1. The van der Waals surface area contributed by atoms with Crippen LogP contribution in [-0.4, -0.2) is 23.3 Å². The molecule has 0 amide bonds. The zero-order valence-corrected chi connectivity index (χ0v) is 20.2. The fourth-order valence-electron chi connectivity index (χ4n) is 4.52. The molecule has 0 aromatic heterocycles. The summed E-state index contributed by atoms with van der Waals surface area (Å²) in [6.07, 6.45) is 1.73. The van der Waals surface area contributed by atoms with Gasteiger partial charge in [-0.2, -0.15) is 0 Å². The van der Waals surface area contributed by atoms with Gasteiger partial charge in [0, 0.05) is 40.4 Å². The Hall–Kier alpha value is -3.65. The van der Waals surface area contributed by atoms with E-state index >= 15 is 0 Å². The third-order valence-corrected chi connectivity index (χ3v) is 6.34. The summed E-state index contributed by atoms with van der Waals surface area (Å²) in [6.45, 7) is 3.73. The predicted octanol–water partition coefficient (Wildman–Crippen LogP) is 5.36. The lowest BCUT2D eigenvalue weighted by Gasteiger charge is -2.34. The molecular weight excluding hydrogens is 472 g/mol. The van der Waals surface area contributed by atoms with Crippen LogP contribution in [0, 0.1) is 10.1 Å². The first kappa shape index (κ1) is 24.5. The van der Waals surface area contributed by atoms with E-state index < -0.39 is 16.8 Å². The van der Waals surface area contributed by atoms with E-state index in [-0.39, 0.29) is 36.0 Å². The van der Waals surface area contributed by atoms with Gasteiger partial charge in [0.15, 0.2) is 11.5 Å². The van der Waals surface area contributed by atoms with Crippen molar-refractivity contribution in [2.24, 2.45) is 0 Å². The third-order valence-electron chi connectivity index (χ3n) is 6.09. The monoisotopic (exact) mass is 496 g/mol. The molecule has 1 heterocycles. The van der Waals surface area contributed by atoms with Crippen molar-refractivity contribution < 1.29 is 24.0 Å². The summed E-state index contributed by atoms with van der Waals surface area (Å²) in [6, 6.07) is 11.5. The number of ketones is 1. The molecule has 182 valence electrons. The molecule has 1 atom stereocenters. The van der Waals surface area contributed by atoms with Crippen molar-refractivity contribution in [3.63, 3.8) is 0 Å². The van der Waals surface area contributed by atoms with Crippen molar-refractivity contribution in [1.82, 2.24) is 5.32 Å². The molecule has 0 saturated carbocycles. The van der Waals surface area contributed by atoms with Crippen molar-refractivity contribution in [3.05, 3.63) is 91.3 Å². The summed E-state index contributed by atoms with van der Waals surface area (Å²) in [4.78, 5) is 37.3. The number of hydrogen-bond acceptors (Lipinski definition) is 7. The van der Waals surface area contributed by atoms with Crippen molar-refractivity contribution in [2.45, 2.75) is 45.6 Å². The molecule has 2 aliphatic rings. The Morgan fingerprint density at radius 1 is 1.20 bits per heavy atom. The average molecular weight is 497 g/mol. The lowest BCUT2D eigenvalue weighted by Crippen LogP contribution is -2.34. The van der Waals surface area contributed by atoms with Crippen LogP contribution in [0.3, 0.4) is 0 Å². The fraction of sp³-hybridized carbons (Fsp3) is 0.308. The largest absolute Gasteiger partial charge is 0.482 e. The number of halogens is 1. The van der Waals surface area contributed by atoms with Gasteiger partial charge >= 0.3 is 11.7 Å². The molecule has 0 fully saturated rings. The first-order valence-corrected chi connectivity index (χ1v) is 11.7. The standard InChI is InChI=1S/C26H25ClN2O6/c1-3-34-26(31)23-15(2)28-19-5-4-6-21(30)25(19)24(23)17-9-12-22(20(13-17)29(32)33)35-14-16-7-10-18(27)11-8-16/h7-13,24,28H,3-6,14H2,1-2H3/t24-/m0/s1. The first-order valence-electron chi connectivity index (χ1n) is 11.4. The Labute approximate surface area is 207 Å². The first-order chi connectivity index (χ1) is 16.8. The van der Waals surface area contributed by atoms with Gasteiger partial charge in [0.05, 0.1) is 17.1 Å². The van der Waals surface area contributed by atoms with Gasteiger partial charge in [0.2, 0.25) is 0 Å². The number of nitrogens with zero attached hydrogens (tertiary/aromatic N) is 1. The molecule has 4 rings (SSSR count). The quantitative estimate of drug-likeness (QED) is 0.312. The summed E-state index contributed by atoms with van der Waals surface area (Å²) in [5.41, 5.74) is 3.09. The molecular formula is C26H25ClN2O6. The molecule has 35 heavy (non-hydrogen) atoms. The highest BCUT2D eigenvalue weighted by Gasteiger charge is 2.39. The lowest BCUT2D eigenvalue weighted by atomic mass is 9.75. The Bertz CT molecular complexity index is 1250. The van der Waals surface area contributed by atoms with E-state index in [2.05, 4.69) is 5.32 Å². The van der Waals surface area contributed by atoms with Crippen LogP contribution in [0.15, 0.2) is 65.0 Å². The highest BCUT2D eigenvalue weighted by molar-refractivity contribution is 6.30. The van der Waals surface area contributed by atoms with Gasteiger partial charge in [-0.25, -0.2) is 4.79 Å². The number of nitro groups is 1. The van der Waals surface area contributed by atoms with Gasteiger partial charge in [-0.15, -0.1) is 0 Å². The highest BCUT2D eigenvalue weighted by atomic mass is 35.5. The minimum Gasteiger partial charge on any atom is -0.482 e. The highest BCUT2D eigenvalue weighted by Crippen LogP contribution is 2.44. The SMILES string of the molecule is CCOC(=O)C1=C(C)NC2=C(C(=O)CCC2)[C@H]1c1ccc(OCc2ccc(Cl)cc2)c([N+](=O)[O-])c1. The van der Waals surface area contributed by atoms with E-state index in [1.165, 1.54) is 12.1 Å². The summed E-state index contributed by atoms with van der Waals surface area (Å²) < 4.78 is 11.0. The van der Waals surface area contributed by atoms with Crippen molar-refractivity contribution in [2.75, 3.05) is 6.61 Å². The summed E-state index contributed by atoms with van der Waals surface area (Å²) in [5.74, 6) is -1.31. The van der Waals surface area contributed by atoms with Crippen LogP contribution in [0.4, 0.5) is 5.69 Å². The molecule has 0 saturated heterocycles. The smallest absolute Gasteiger partial charge is 0.336 e. The number of hydrogen-bond donors (Lipinski definition) is 1. The van der Waals surface area contributed by atoms with Gasteiger partial charge < -0.3 is 14.8 Å². The Morgan fingerprint density at radius 3 is 2.63 bits per heavy atom. The Morgan fingerprint density at radius 2 is 1.94 bits per heavy atom. The van der Waals surface area contributed by atoms with Crippen LogP contribution < -0.4 is 10.1 Å². The van der Waals surface area contributed by atoms with E-state index in [4.69, 9.17) is 21.1 Å². The van der Waals surface area contributed by atoms with Crippen molar-refractivity contribution in [1.29, 1.82) is 0 Å². The number of carbonyl (C=O) groups excluding carboxylic acids is 2. The zero-order valence-electron chi connectivity index (χ0n) is 19.4. The van der Waals surface area contributed by atoms with E-state index in [0.717, 1.165) is 11.3 Å². The van der Waals surface area contributed by atoms with Gasteiger partial charge in [0.1, 0.15) is 6.61 Å². The molecule has 0 unspecified atom stereocenters. The maximum absolute atomic E-state index is 13.0. The summed E-state index contributed by atoms with van der Waals surface area (Å²) in [7, 11) is 0. The molecule has 2 aromatic rings. The molecule has 1 aliphatic heterocycles. The number of nitro benzene ring substituents is 1. The second kappa shape index (κ2) is 10.3. The molecule has 0 bridgehead atoms. The van der Waals surface area contributed by atoms with Gasteiger partial charge in [0.25, 0.3) is 0 Å². The number of allylic oxidation sites excluding steroid dienone is 3. The van der Waals surface area contributed by atoms with Crippen molar-refractivity contribution in [3.8, 4) is 5.75 Å². The van der Waals surface area contributed by atoms with E-state index in [9.17, 15) is 19.7 Å². The van der Waals surface area contributed by atoms with Crippen LogP contribution in [0.5, 0.6) is 5.75 Å². The number of nitrogens with one attached hydrogen (secondary N) is 1. The maximum Gasteiger partial charge on any atom is 0.336 e. The second-order valence-corrected chi connectivity index (χ2v) is 8.82. The second-order valence-electron chi connectivity index (χ2n) is 8.39. The molecule has 0 radical (unpaired) electrons. The van der Waals surface area contributed by atoms with E-state index in [1.54, 1.807) is 44.2 Å². The lowest BCUT2D eigenvalue weighted by molar-refractivity contribution is -0.386. The van der Waals surface area contributed by atoms with Crippen LogP contribution in [0.1, 0.15) is 50.2 Å². The average Bonchev–Trinajstić information content (AvgIpc) is 2.83. The van der Waals surface area contributed by atoms with E-state index in [0.29, 0.717) is 41.1 Å². The minimum atomic E-state index is -0.762. The van der Waals surface area contributed by atoms with Gasteiger partial charge in [-0.3, -0.25) is 14.9 Å². The summed E-state index contributed by atoms with van der Waals surface area (Å²) >= 11 is 5.91. The number of ether oxygens (including phenoxy) is 2. The van der Waals surface area contributed by atoms with Crippen LogP contribution >= 0.6 is 11.6 Å². The number of carbonyl (C=O) groups is 2. The molecule has 0 spiro atoms. The number of dihydropyridines is 1. The van der Waals surface area contributed by atoms with Crippen LogP contribution in [-0.2, 0) is 20.9 Å². The fourth-order valence-corrected chi connectivity index (χ4v) is 4.64. The molecule has 9 heteroatoms. The number of rotatable bonds is 7. The molecule has 1 aliphatic carbocycles. The van der Waals surface area contributed by atoms with Crippen molar-refractivity contribution >= 4 is 29.0 Å². The van der Waals surface area contributed by atoms with Crippen LogP contribution in [0.2, 0.25) is 5.02 Å². The minimum absolute atomic E-state index is 0.0798. The number of Topliss-reactive ketones (excluding diaryl/α,β-unsaturated/α-hetero) is 1. The normalized spacial score (nSPS) is 17.6. The number of benzene rings is 2. The topological polar surface area (TPSA) is 108 Å². The predicted molar refractivity (Wildman–Crippen MR) is 130 cm³/mol. The Kier molecular flexibility index (Phi) is 7.21. The van der Waals surface area contributed by atoms with E-state index in [1.807, 2.05) is 0 Å². The zero-order chi connectivity index (χ0) is 25.1. The third kappa shape index (κ3) is 5.07. The Balaban J connectivity index is 1.75. The maximum atomic E-state index is 13.0. The van der Waals surface area contributed by atoms with Crippen LogP contribution in [0.25, 0.3) is 0 Å².